The van der Waals surface area contributed by atoms with Crippen molar-refractivity contribution < 1.29 is 34.0 Å². The van der Waals surface area contributed by atoms with Crippen LogP contribution in [0.25, 0.3) is 11.1 Å². The van der Waals surface area contributed by atoms with Gasteiger partial charge in [0.1, 0.15) is 12.6 Å². The van der Waals surface area contributed by atoms with Gasteiger partial charge in [-0.2, -0.15) is 5.26 Å². The number of hydrogen-bond acceptors (Lipinski definition) is 7. The Morgan fingerprint density at radius 2 is 1.61 bits per heavy atom. The van der Waals surface area contributed by atoms with Gasteiger partial charge in [-0.25, -0.2) is 9.59 Å². The molecule has 2 N–H and O–H groups in total. The van der Waals surface area contributed by atoms with E-state index in [0.717, 1.165) is 28.7 Å². The molecule has 0 fully saturated rings. The molecule has 0 heterocycles. The lowest BCUT2D eigenvalue weighted by Crippen LogP contribution is -2.43. The highest BCUT2D eigenvalue weighted by Gasteiger charge is 2.31. The summed E-state index contributed by atoms with van der Waals surface area (Å²) < 4.78 is 10.3. The molecule has 1 unspecified atom stereocenters. The van der Waals surface area contributed by atoms with Gasteiger partial charge in [-0.15, -0.1) is 0 Å². The molecular weight excluding hydrogens is 402 g/mol. The van der Waals surface area contributed by atoms with Crippen LogP contribution in [0.1, 0.15) is 43.2 Å². The lowest BCUT2D eigenvalue weighted by Gasteiger charge is -2.17. The van der Waals surface area contributed by atoms with Crippen LogP contribution in [-0.4, -0.2) is 42.5 Å². The van der Waals surface area contributed by atoms with Crippen LogP contribution < -0.4 is 5.32 Å². The maximum absolute atomic E-state index is 12.3. The minimum absolute atomic E-state index is 0.0434. The van der Waals surface area contributed by atoms with Crippen LogP contribution in [0.15, 0.2) is 48.5 Å². The highest BCUT2D eigenvalue weighted by atomic mass is 17.1. The topological polar surface area (TPSA) is 111 Å². The first-order valence-corrected chi connectivity index (χ1v) is 10.2. The molecule has 0 spiro atoms. The Hall–Kier alpha value is -3.39. The molecule has 31 heavy (non-hydrogen) atoms. The second-order valence-electron chi connectivity index (χ2n) is 7.21. The van der Waals surface area contributed by atoms with Crippen molar-refractivity contribution in [2.75, 3.05) is 13.2 Å². The Bertz CT molecular complexity index is 898. The Kier molecular flexibility index (Phi) is 7.61. The fourth-order valence-corrected chi connectivity index (χ4v) is 3.60. The molecule has 8 nitrogen and oxygen atoms in total. The van der Waals surface area contributed by atoms with Gasteiger partial charge >= 0.3 is 18.0 Å². The van der Waals surface area contributed by atoms with E-state index in [1.165, 1.54) is 0 Å². The third-order valence-electron chi connectivity index (χ3n) is 5.14. The van der Waals surface area contributed by atoms with Crippen molar-refractivity contribution in [3.63, 3.8) is 0 Å². The molecule has 2 aromatic carbocycles. The van der Waals surface area contributed by atoms with Gasteiger partial charge in [0.15, 0.2) is 0 Å². The second-order valence-corrected chi connectivity index (χ2v) is 7.21. The zero-order valence-electron chi connectivity index (χ0n) is 17.2. The standard InChI is InChI=1S/C23H25NO7/c1-2-3-12-29-21(25)13-20(22(26)31-28)24-23(27)30-14-19-17-10-6-4-8-15(17)16-9-5-7-11-18(16)19/h4-11,19-20,28H,2-3,12-14H2,1H3,(H,24,27). The van der Waals surface area contributed by atoms with Crippen molar-refractivity contribution in [1.29, 1.82) is 0 Å². The van der Waals surface area contributed by atoms with E-state index < -0.39 is 30.5 Å². The van der Waals surface area contributed by atoms with Crippen LogP contribution in [0.3, 0.4) is 0 Å². The summed E-state index contributed by atoms with van der Waals surface area (Å²) in [4.78, 5) is 39.6. The van der Waals surface area contributed by atoms with E-state index in [2.05, 4.69) is 10.2 Å². The molecule has 0 bridgehead atoms. The minimum atomic E-state index is -1.42. The number of fused-ring (bicyclic) bond motifs is 3. The van der Waals surface area contributed by atoms with E-state index in [1.807, 2.05) is 55.5 Å². The number of benzene rings is 2. The van der Waals surface area contributed by atoms with Crippen molar-refractivity contribution in [2.24, 2.45) is 0 Å². The van der Waals surface area contributed by atoms with E-state index in [-0.39, 0.29) is 19.1 Å². The van der Waals surface area contributed by atoms with Gasteiger partial charge in [-0.05, 0) is 28.7 Å². The summed E-state index contributed by atoms with van der Waals surface area (Å²) in [6.45, 7) is 2.20. The van der Waals surface area contributed by atoms with E-state index in [1.54, 1.807) is 0 Å². The lowest BCUT2D eigenvalue weighted by molar-refractivity contribution is -0.236. The summed E-state index contributed by atoms with van der Waals surface area (Å²) >= 11 is 0. The predicted molar refractivity (Wildman–Crippen MR) is 111 cm³/mol. The van der Waals surface area contributed by atoms with E-state index in [9.17, 15) is 14.4 Å². The second kappa shape index (κ2) is 10.6. The fourth-order valence-electron chi connectivity index (χ4n) is 3.60. The van der Waals surface area contributed by atoms with Gasteiger partial charge in [-0.1, -0.05) is 61.9 Å². The minimum Gasteiger partial charge on any atom is -0.466 e. The monoisotopic (exact) mass is 427 g/mol. The summed E-state index contributed by atoms with van der Waals surface area (Å²) in [6, 6.07) is 14.3. The molecule has 3 rings (SSSR count). The van der Waals surface area contributed by atoms with Crippen molar-refractivity contribution in [3.05, 3.63) is 59.7 Å². The van der Waals surface area contributed by atoms with Gasteiger partial charge in [0.25, 0.3) is 0 Å². The molecule has 0 saturated heterocycles. The molecular formula is C23H25NO7. The number of carbonyl (C=O) groups is 3. The highest BCUT2D eigenvalue weighted by molar-refractivity contribution is 5.86. The van der Waals surface area contributed by atoms with Gasteiger partial charge in [-0.3, -0.25) is 9.68 Å². The van der Waals surface area contributed by atoms with Crippen LogP contribution >= 0.6 is 0 Å². The molecule has 8 heteroatoms. The molecule has 0 aromatic heterocycles. The largest absolute Gasteiger partial charge is 0.466 e. The first kappa shape index (κ1) is 22.3. The Labute approximate surface area is 180 Å². The van der Waals surface area contributed by atoms with Crippen LogP contribution in [0, 0.1) is 0 Å². The van der Waals surface area contributed by atoms with Gasteiger partial charge in [0, 0.05) is 5.92 Å². The first-order chi connectivity index (χ1) is 15.0. The number of rotatable bonds is 9. The zero-order chi connectivity index (χ0) is 22.2. The number of amides is 1. The smallest absolute Gasteiger partial charge is 0.407 e. The maximum Gasteiger partial charge on any atom is 0.407 e. The van der Waals surface area contributed by atoms with Crippen molar-refractivity contribution in [2.45, 2.75) is 38.1 Å². The van der Waals surface area contributed by atoms with Crippen molar-refractivity contribution >= 4 is 18.0 Å². The summed E-state index contributed by atoms with van der Waals surface area (Å²) in [5.41, 5.74) is 4.26. The molecule has 1 amide bonds. The van der Waals surface area contributed by atoms with Crippen LogP contribution in [0.2, 0.25) is 0 Å². The third-order valence-corrected chi connectivity index (χ3v) is 5.14. The van der Waals surface area contributed by atoms with Crippen molar-refractivity contribution in [3.8, 4) is 11.1 Å². The van der Waals surface area contributed by atoms with Crippen LogP contribution in [0.4, 0.5) is 4.79 Å². The summed E-state index contributed by atoms with van der Waals surface area (Å²) in [5, 5.41) is 10.9. The van der Waals surface area contributed by atoms with Gasteiger partial charge in [0.05, 0.1) is 13.0 Å². The number of nitrogens with one attached hydrogen (secondary N) is 1. The normalized spacial score (nSPS) is 13.0. The van der Waals surface area contributed by atoms with Crippen LogP contribution in [0.5, 0.6) is 0 Å². The third kappa shape index (κ3) is 5.40. The maximum atomic E-state index is 12.3. The molecule has 164 valence electrons. The number of ether oxygens (including phenoxy) is 2. The Balaban J connectivity index is 1.61. The van der Waals surface area contributed by atoms with Crippen molar-refractivity contribution in [1.82, 2.24) is 5.32 Å². The van der Waals surface area contributed by atoms with Gasteiger partial charge < -0.3 is 14.8 Å². The number of unbranched alkanes of at least 4 members (excludes halogenated alkanes) is 1. The van der Waals surface area contributed by atoms with E-state index in [0.29, 0.717) is 6.42 Å². The van der Waals surface area contributed by atoms with E-state index >= 15 is 0 Å². The molecule has 1 aliphatic rings. The fraction of sp³-hybridized carbons (Fsp3) is 0.348. The Morgan fingerprint density at radius 3 is 2.19 bits per heavy atom. The van der Waals surface area contributed by atoms with Crippen LogP contribution in [-0.2, 0) is 24.0 Å². The average molecular weight is 427 g/mol. The average Bonchev–Trinajstić information content (AvgIpc) is 3.10. The summed E-state index contributed by atoms with van der Waals surface area (Å²) in [6.07, 6.45) is 0.139. The van der Waals surface area contributed by atoms with E-state index in [4.69, 9.17) is 14.7 Å². The molecule has 0 aliphatic heterocycles. The molecule has 0 saturated carbocycles. The number of esters is 1. The summed E-state index contributed by atoms with van der Waals surface area (Å²) in [7, 11) is 0. The summed E-state index contributed by atoms with van der Waals surface area (Å²) in [5.74, 6) is -2.02. The highest BCUT2D eigenvalue weighted by Crippen LogP contribution is 2.44. The quantitative estimate of drug-likeness (QED) is 0.207. The first-order valence-electron chi connectivity index (χ1n) is 10.2. The number of alkyl carbamates (subject to hydrolysis) is 1. The molecule has 0 radical (unpaired) electrons. The molecule has 1 atom stereocenters. The number of carbonyl (C=O) groups excluding carboxylic acids is 3. The predicted octanol–water partition coefficient (Wildman–Crippen LogP) is 3.64. The SMILES string of the molecule is CCCCOC(=O)CC(NC(=O)OCC1c2ccccc2-c2ccccc21)C(=O)OO. The Morgan fingerprint density at radius 1 is 1.00 bits per heavy atom. The zero-order valence-corrected chi connectivity index (χ0v) is 17.2. The van der Waals surface area contributed by atoms with Gasteiger partial charge in [0.2, 0.25) is 0 Å². The molecule has 2 aromatic rings. The number of hydrogen-bond donors (Lipinski definition) is 2. The molecule has 1 aliphatic carbocycles. The lowest BCUT2D eigenvalue weighted by atomic mass is 9.98.